The zero-order chi connectivity index (χ0) is 24.0. The van der Waals surface area contributed by atoms with Crippen molar-refractivity contribution in [3.8, 4) is 5.75 Å². The quantitative estimate of drug-likeness (QED) is 0.696. The van der Waals surface area contributed by atoms with Crippen molar-refractivity contribution in [2.75, 3.05) is 25.5 Å². The predicted molar refractivity (Wildman–Crippen MR) is 126 cm³/mol. The molecular formula is C25H32N4O4. The van der Waals surface area contributed by atoms with E-state index in [1.807, 2.05) is 17.9 Å². The Kier molecular flexibility index (Phi) is 8.03. The van der Waals surface area contributed by atoms with E-state index in [2.05, 4.69) is 24.1 Å². The van der Waals surface area contributed by atoms with Gasteiger partial charge in [0.1, 0.15) is 11.6 Å². The molecule has 8 nitrogen and oxygen atoms in total. The molecule has 0 spiro atoms. The van der Waals surface area contributed by atoms with Gasteiger partial charge < -0.3 is 19.9 Å². The van der Waals surface area contributed by atoms with Crippen LogP contribution in [-0.4, -0.2) is 64.8 Å². The van der Waals surface area contributed by atoms with Crippen molar-refractivity contribution in [1.29, 1.82) is 0 Å². The summed E-state index contributed by atoms with van der Waals surface area (Å²) in [7, 11) is 1.57. The van der Waals surface area contributed by atoms with Gasteiger partial charge in [-0.25, -0.2) is 4.98 Å². The lowest BCUT2D eigenvalue weighted by Crippen LogP contribution is -2.49. The number of rotatable bonds is 7. The summed E-state index contributed by atoms with van der Waals surface area (Å²) in [6.45, 7) is 5.91. The zero-order valence-electron chi connectivity index (χ0n) is 19.7. The summed E-state index contributed by atoms with van der Waals surface area (Å²) in [5, 5.41) is 2.69. The summed E-state index contributed by atoms with van der Waals surface area (Å²) in [4.78, 5) is 44.9. The fourth-order valence-electron chi connectivity index (χ4n) is 4.12. The molecule has 1 saturated heterocycles. The SMILES string of the molecule is Cc1ccnc(NC(=O)CN(C)C(=O)c2ccc(OCC(=O)N3C(C)CCCC3C)cc2)c1. The third kappa shape index (κ3) is 6.54. The summed E-state index contributed by atoms with van der Waals surface area (Å²) < 4.78 is 5.67. The largest absolute Gasteiger partial charge is 0.484 e. The number of ether oxygens (including phenoxy) is 1. The molecule has 1 aliphatic heterocycles. The van der Waals surface area contributed by atoms with Crippen LogP contribution in [0, 0.1) is 6.92 Å². The molecule has 1 fully saturated rings. The van der Waals surface area contributed by atoms with E-state index in [1.165, 1.54) is 4.90 Å². The number of aryl methyl sites for hydroxylation is 1. The van der Waals surface area contributed by atoms with Crippen LogP contribution in [-0.2, 0) is 9.59 Å². The van der Waals surface area contributed by atoms with Gasteiger partial charge in [0.05, 0.1) is 6.54 Å². The summed E-state index contributed by atoms with van der Waals surface area (Å²) >= 11 is 0. The Balaban J connectivity index is 1.50. The summed E-state index contributed by atoms with van der Waals surface area (Å²) in [5.74, 6) is 0.321. The van der Waals surface area contributed by atoms with Crippen molar-refractivity contribution in [3.05, 3.63) is 53.7 Å². The van der Waals surface area contributed by atoms with Gasteiger partial charge in [-0.3, -0.25) is 14.4 Å². The van der Waals surface area contributed by atoms with E-state index in [1.54, 1.807) is 43.6 Å². The average Bonchev–Trinajstić information content (AvgIpc) is 2.77. The van der Waals surface area contributed by atoms with Gasteiger partial charge in [0.2, 0.25) is 5.91 Å². The van der Waals surface area contributed by atoms with Crippen molar-refractivity contribution in [2.24, 2.45) is 0 Å². The fourth-order valence-corrected chi connectivity index (χ4v) is 4.12. The van der Waals surface area contributed by atoms with E-state index in [0.717, 1.165) is 24.8 Å². The second kappa shape index (κ2) is 10.9. The van der Waals surface area contributed by atoms with Crippen molar-refractivity contribution in [3.63, 3.8) is 0 Å². The number of pyridine rings is 1. The second-order valence-corrected chi connectivity index (χ2v) is 8.67. The summed E-state index contributed by atoms with van der Waals surface area (Å²) in [6, 6.07) is 10.6. The molecule has 2 aromatic rings. The van der Waals surface area contributed by atoms with Gasteiger partial charge in [-0.05, 0) is 82.0 Å². The normalized spacial score (nSPS) is 17.9. The van der Waals surface area contributed by atoms with Gasteiger partial charge in [-0.15, -0.1) is 0 Å². The number of nitrogens with one attached hydrogen (secondary N) is 1. The van der Waals surface area contributed by atoms with Crippen molar-refractivity contribution in [2.45, 2.75) is 52.1 Å². The molecular weight excluding hydrogens is 420 g/mol. The average molecular weight is 453 g/mol. The lowest BCUT2D eigenvalue weighted by atomic mass is 9.97. The Morgan fingerprint density at radius 1 is 1.12 bits per heavy atom. The Hall–Kier alpha value is -3.42. The highest BCUT2D eigenvalue weighted by Crippen LogP contribution is 2.23. The molecule has 33 heavy (non-hydrogen) atoms. The molecule has 2 unspecified atom stereocenters. The molecule has 1 aromatic carbocycles. The van der Waals surface area contributed by atoms with E-state index >= 15 is 0 Å². The maximum absolute atomic E-state index is 12.7. The zero-order valence-corrected chi connectivity index (χ0v) is 19.7. The van der Waals surface area contributed by atoms with Crippen LogP contribution >= 0.6 is 0 Å². The van der Waals surface area contributed by atoms with Crippen LogP contribution in [0.15, 0.2) is 42.6 Å². The molecule has 0 bridgehead atoms. The first kappa shape index (κ1) is 24.2. The van der Waals surface area contributed by atoms with E-state index < -0.39 is 0 Å². The van der Waals surface area contributed by atoms with Crippen molar-refractivity contribution in [1.82, 2.24) is 14.8 Å². The van der Waals surface area contributed by atoms with Crippen LogP contribution in [0.4, 0.5) is 5.82 Å². The maximum Gasteiger partial charge on any atom is 0.260 e. The lowest BCUT2D eigenvalue weighted by Gasteiger charge is -2.38. The van der Waals surface area contributed by atoms with Gasteiger partial charge in [0, 0.05) is 30.9 Å². The maximum atomic E-state index is 12.7. The fraction of sp³-hybridized carbons (Fsp3) is 0.440. The number of anilines is 1. The number of hydrogen-bond donors (Lipinski definition) is 1. The molecule has 0 aliphatic carbocycles. The molecule has 3 rings (SSSR count). The molecule has 176 valence electrons. The molecule has 0 radical (unpaired) electrons. The minimum atomic E-state index is -0.330. The first-order valence-corrected chi connectivity index (χ1v) is 11.3. The number of likely N-dealkylation sites (tertiary alicyclic amines) is 1. The number of hydrogen-bond acceptors (Lipinski definition) is 5. The highest BCUT2D eigenvalue weighted by molar-refractivity contribution is 5.99. The number of likely N-dealkylation sites (N-methyl/N-ethyl adjacent to an activating group) is 1. The molecule has 3 amide bonds. The van der Waals surface area contributed by atoms with E-state index in [4.69, 9.17) is 4.74 Å². The second-order valence-electron chi connectivity index (χ2n) is 8.67. The van der Waals surface area contributed by atoms with Crippen LogP contribution in [0.2, 0.25) is 0 Å². The smallest absolute Gasteiger partial charge is 0.260 e. The summed E-state index contributed by atoms with van der Waals surface area (Å²) in [6.07, 6.45) is 4.78. The van der Waals surface area contributed by atoms with E-state index in [-0.39, 0.29) is 43.0 Å². The minimum Gasteiger partial charge on any atom is -0.484 e. The van der Waals surface area contributed by atoms with Crippen molar-refractivity contribution < 1.29 is 19.1 Å². The van der Waals surface area contributed by atoms with Crippen molar-refractivity contribution >= 4 is 23.5 Å². The topological polar surface area (TPSA) is 91.8 Å². The van der Waals surface area contributed by atoms with Gasteiger partial charge in [-0.2, -0.15) is 0 Å². The number of carbonyl (C=O) groups excluding carboxylic acids is 3. The summed E-state index contributed by atoms with van der Waals surface area (Å²) in [5.41, 5.74) is 1.41. The first-order chi connectivity index (χ1) is 15.7. The number of aromatic nitrogens is 1. The number of piperidine rings is 1. The third-order valence-electron chi connectivity index (χ3n) is 5.86. The standard InChI is InChI=1S/C25H32N4O4/c1-17-12-13-26-22(14-17)27-23(30)15-28(4)25(32)20-8-10-21(11-9-20)33-16-24(31)29-18(2)6-5-7-19(29)3/h8-14,18-19H,5-7,15-16H2,1-4H3,(H,26,27,30). The molecule has 1 aromatic heterocycles. The Bertz CT molecular complexity index is 982. The van der Waals surface area contributed by atoms with Gasteiger partial charge in [0.25, 0.3) is 11.8 Å². The number of carbonyl (C=O) groups is 3. The van der Waals surface area contributed by atoms with E-state index in [9.17, 15) is 14.4 Å². The Labute approximate surface area is 194 Å². The van der Waals surface area contributed by atoms with E-state index in [0.29, 0.717) is 17.1 Å². The highest BCUT2D eigenvalue weighted by Gasteiger charge is 2.29. The molecule has 1 N–H and O–H groups in total. The molecule has 2 atom stereocenters. The van der Waals surface area contributed by atoms with Crippen LogP contribution in [0.3, 0.4) is 0 Å². The van der Waals surface area contributed by atoms with Crippen LogP contribution in [0.1, 0.15) is 49.0 Å². The molecule has 0 saturated carbocycles. The Morgan fingerprint density at radius 3 is 2.42 bits per heavy atom. The van der Waals surface area contributed by atoms with Gasteiger partial charge >= 0.3 is 0 Å². The van der Waals surface area contributed by atoms with Gasteiger partial charge in [0.15, 0.2) is 6.61 Å². The van der Waals surface area contributed by atoms with Crippen LogP contribution < -0.4 is 10.1 Å². The Morgan fingerprint density at radius 2 is 1.79 bits per heavy atom. The number of nitrogens with zero attached hydrogens (tertiary/aromatic N) is 3. The number of benzene rings is 1. The number of amides is 3. The van der Waals surface area contributed by atoms with Crippen LogP contribution in [0.5, 0.6) is 5.75 Å². The van der Waals surface area contributed by atoms with Gasteiger partial charge in [-0.1, -0.05) is 0 Å². The molecule has 1 aliphatic rings. The predicted octanol–water partition coefficient (Wildman–Crippen LogP) is 3.27. The first-order valence-electron chi connectivity index (χ1n) is 11.3. The molecule has 8 heteroatoms. The highest BCUT2D eigenvalue weighted by atomic mass is 16.5. The minimum absolute atomic E-state index is 0.0244. The third-order valence-corrected chi connectivity index (χ3v) is 5.86. The lowest BCUT2D eigenvalue weighted by molar-refractivity contribution is -0.139. The monoisotopic (exact) mass is 452 g/mol. The van der Waals surface area contributed by atoms with Crippen LogP contribution in [0.25, 0.3) is 0 Å². The molecule has 2 heterocycles.